The van der Waals surface area contributed by atoms with Crippen LogP contribution < -0.4 is 9.47 Å². The van der Waals surface area contributed by atoms with Gasteiger partial charge in [0, 0.05) is 17.5 Å². The van der Waals surface area contributed by atoms with Gasteiger partial charge in [0.05, 0.1) is 25.4 Å². The number of fused-ring (bicyclic) bond motifs is 3. The van der Waals surface area contributed by atoms with Gasteiger partial charge >= 0.3 is 0 Å². The van der Waals surface area contributed by atoms with Crippen molar-refractivity contribution in [3.05, 3.63) is 22.2 Å². The number of carbonyl (C=O) groups excluding carboxylic acids is 1. The van der Waals surface area contributed by atoms with E-state index in [-0.39, 0.29) is 12.4 Å². The quantitative estimate of drug-likeness (QED) is 0.724. The van der Waals surface area contributed by atoms with E-state index in [9.17, 15) is 4.79 Å². The van der Waals surface area contributed by atoms with Gasteiger partial charge in [-0.25, -0.2) is 0 Å². The van der Waals surface area contributed by atoms with E-state index < -0.39 is 0 Å². The highest BCUT2D eigenvalue weighted by Gasteiger charge is 2.27. The fourth-order valence-corrected chi connectivity index (χ4v) is 2.55. The Labute approximate surface area is 110 Å². The first-order valence-corrected chi connectivity index (χ1v) is 6.37. The van der Waals surface area contributed by atoms with Gasteiger partial charge in [-0.1, -0.05) is 11.6 Å². The molecule has 18 heavy (non-hydrogen) atoms. The smallest absolute Gasteiger partial charge is 0.192 e. The summed E-state index contributed by atoms with van der Waals surface area (Å²) in [6.45, 7) is 1.70. The van der Waals surface area contributed by atoms with Crippen LogP contribution in [0.1, 0.15) is 22.3 Å². The van der Waals surface area contributed by atoms with Crippen LogP contribution in [-0.2, 0) is 11.2 Å². The summed E-state index contributed by atoms with van der Waals surface area (Å²) in [4.78, 5) is 12.1. The van der Waals surface area contributed by atoms with Crippen LogP contribution >= 0.6 is 11.6 Å². The lowest BCUT2D eigenvalue weighted by atomic mass is 10.00. The molecule has 0 saturated carbocycles. The van der Waals surface area contributed by atoms with Crippen molar-refractivity contribution in [2.24, 2.45) is 0 Å². The van der Waals surface area contributed by atoms with Crippen LogP contribution in [0.15, 0.2) is 6.07 Å². The summed E-state index contributed by atoms with van der Waals surface area (Å²) in [5.41, 5.74) is 1.35. The summed E-state index contributed by atoms with van der Waals surface area (Å²) < 4.78 is 16.5. The molecule has 1 aromatic carbocycles. The summed E-state index contributed by atoms with van der Waals surface area (Å²) in [5.74, 6) is 1.00. The van der Waals surface area contributed by atoms with Gasteiger partial charge in [0.2, 0.25) is 0 Å². The van der Waals surface area contributed by atoms with Gasteiger partial charge in [-0.05, 0) is 12.0 Å². The van der Waals surface area contributed by atoms with Crippen LogP contribution in [0, 0.1) is 0 Å². The van der Waals surface area contributed by atoms with Gasteiger partial charge in [-0.15, -0.1) is 0 Å². The number of benzene rings is 1. The van der Waals surface area contributed by atoms with Crippen molar-refractivity contribution in [1.82, 2.24) is 0 Å². The second-order valence-electron chi connectivity index (χ2n) is 4.32. The third-order valence-corrected chi connectivity index (χ3v) is 3.44. The molecular weight excluding hydrogens is 256 g/mol. The molecule has 0 N–H and O–H groups in total. The Bertz CT molecular complexity index is 498. The highest BCUT2D eigenvalue weighted by atomic mass is 35.5. The van der Waals surface area contributed by atoms with Crippen molar-refractivity contribution in [1.29, 1.82) is 0 Å². The summed E-state index contributed by atoms with van der Waals surface area (Å²) >= 11 is 6.23. The fraction of sp³-hybridized carbons (Fsp3) is 0.462. The molecule has 0 unspecified atom stereocenters. The van der Waals surface area contributed by atoms with E-state index >= 15 is 0 Å². The standard InChI is InChI=1S/C13H13ClO4/c14-9-6-11-13(18-4-1-3-17-11)12-8(9)2-5-16-7-10(12)15/h6H,1-5,7H2. The molecular formula is C13H13ClO4. The molecule has 2 aliphatic rings. The van der Waals surface area contributed by atoms with E-state index in [1.165, 1.54) is 0 Å². The Balaban J connectivity index is 2.20. The molecule has 3 rings (SSSR count). The molecule has 0 spiro atoms. The highest BCUT2D eigenvalue weighted by molar-refractivity contribution is 6.32. The minimum atomic E-state index is -0.0910. The minimum absolute atomic E-state index is 0.0726. The molecule has 0 amide bonds. The van der Waals surface area contributed by atoms with E-state index in [2.05, 4.69) is 0 Å². The van der Waals surface area contributed by atoms with Crippen LogP contribution in [-0.4, -0.2) is 32.2 Å². The molecule has 0 bridgehead atoms. The van der Waals surface area contributed by atoms with Gasteiger partial charge in [-0.2, -0.15) is 0 Å². The number of halogens is 1. The van der Waals surface area contributed by atoms with Gasteiger partial charge in [0.25, 0.3) is 0 Å². The molecule has 0 radical (unpaired) electrons. The third kappa shape index (κ3) is 1.95. The summed E-state index contributed by atoms with van der Waals surface area (Å²) in [6.07, 6.45) is 1.42. The number of rotatable bonds is 0. The van der Waals surface area contributed by atoms with Crippen LogP contribution in [0.5, 0.6) is 11.5 Å². The predicted octanol–water partition coefficient (Wildman–Crippen LogP) is 2.26. The lowest BCUT2D eigenvalue weighted by Gasteiger charge is -2.15. The number of hydrogen-bond acceptors (Lipinski definition) is 4. The molecule has 96 valence electrons. The van der Waals surface area contributed by atoms with Crippen LogP contribution in [0.25, 0.3) is 0 Å². The second kappa shape index (κ2) is 4.78. The average Bonchev–Trinajstić information content (AvgIpc) is 2.68. The minimum Gasteiger partial charge on any atom is -0.489 e. The largest absolute Gasteiger partial charge is 0.489 e. The van der Waals surface area contributed by atoms with E-state index in [0.29, 0.717) is 48.3 Å². The van der Waals surface area contributed by atoms with Gasteiger partial charge < -0.3 is 14.2 Å². The maximum atomic E-state index is 12.1. The summed E-state index contributed by atoms with van der Waals surface area (Å²) in [6, 6.07) is 1.74. The maximum absolute atomic E-state index is 12.1. The lowest BCUT2D eigenvalue weighted by Crippen LogP contribution is -2.10. The number of Topliss-reactive ketones (excluding diaryl/α,β-unsaturated/α-hetero) is 1. The number of ketones is 1. The van der Waals surface area contributed by atoms with Crippen molar-refractivity contribution in [3.63, 3.8) is 0 Å². The monoisotopic (exact) mass is 268 g/mol. The Morgan fingerprint density at radius 1 is 1.17 bits per heavy atom. The van der Waals surface area contributed by atoms with Crippen molar-refractivity contribution < 1.29 is 19.0 Å². The maximum Gasteiger partial charge on any atom is 0.192 e. The second-order valence-corrected chi connectivity index (χ2v) is 4.72. The summed E-state index contributed by atoms with van der Waals surface area (Å²) in [5, 5.41) is 0.549. The molecule has 1 aromatic rings. The first-order chi connectivity index (χ1) is 8.77. The highest BCUT2D eigenvalue weighted by Crippen LogP contribution is 2.40. The molecule has 5 heteroatoms. The Morgan fingerprint density at radius 2 is 2.00 bits per heavy atom. The van der Waals surface area contributed by atoms with Crippen LogP contribution in [0.3, 0.4) is 0 Å². The fourth-order valence-electron chi connectivity index (χ4n) is 2.26. The zero-order chi connectivity index (χ0) is 12.5. The van der Waals surface area contributed by atoms with Gasteiger partial charge in [-0.3, -0.25) is 4.79 Å². The molecule has 0 saturated heterocycles. The van der Waals surface area contributed by atoms with Crippen molar-refractivity contribution in [2.75, 3.05) is 26.4 Å². The van der Waals surface area contributed by atoms with Crippen LogP contribution in [0.2, 0.25) is 5.02 Å². The third-order valence-electron chi connectivity index (χ3n) is 3.10. The first-order valence-electron chi connectivity index (χ1n) is 5.99. The molecule has 2 heterocycles. The van der Waals surface area contributed by atoms with E-state index in [1.807, 2.05) is 0 Å². The average molecular weight is 269 g/mol. The van der Waals surface area contributed by atoms with E-state index in [4.69, 9.17) is 25.8 Å². The Morgan fingerprint density at radius 3 is 2.89 bits per heavy atom. The zero-order valence-corrected chi connectivity index (χ0v) is 10.6. The Hall–Kier alpha value is -1.26. The molecule has 0 atom stereocenters. The summed E-state index contributed by atoms with van der Waals surface area (Å²) in [7, 11) is 0. The molecule has 0 aromatic heterocycles. The molecule has 4 nitrogen and oxygen atoms in total. The molecule has 0 fully saturated rings. The predicted molar refractivity (Wildman–Crippen MR) is 65.9 cm³/mol. The van der Waals surface area contributed by atoms with Gasteiger partial charge in [0.15, 0.2) is 17.3 Å². The van der Waals surface area contributed by atoms with Crippen molar-refractivity contribution >= 4 is 17.4 Å². The van der Waals surface area contributed by atoms with Crippen LogP contribution in [0.4, 0.5) is 0 Å². The number of ether oxygens (including phenoxy) is 3. The van der Waals surface area contributed by atoms with E-state index in [1.54, 1.807) is 6.07 Å². The Kier molecular flexibility index (Phi) is 3.14. The van der Waals surface area contributed by atoms with Crippen molar-refractivity contribution in [2.45, 2.75) is 12.8 Å². The topological polar surface area (TPSA) is 44.8 Å². The van der Waals surface area contributed by atoms with Crippen molar-refractivity contribution in [3.8, 4) is 11.5 Å². The number of hydrogen-bond donors (Lipinski definition) is 0. The normalized spacial score (nSPS) is 18.8. The lowest BCUT2D eigenvalue weighted by molar-refractivity contribution is 0.0785. The zero-order valence-electron chi connectivity index (χ0n) is 9.83. The number of carbonyl (C=O) groups is 1. The molecule has 0 aliphatic carbocycles. The first kappa shape index (κ1) is 11.8. The van der Waals surface area contributed by atoms with Gasteiger partial charge in [0.1, 0.15) is 6.61 Å². The van der Waals surface area contributed by atoms with E-state index in [0.717, 1.165) is 12.0 Å². The SMILES string of the molecule is O=C1COCCc2c(Cl)cc3c(c21)OCCCO3. The molecule has 2 aliphatic heterocycles.